The van der Waals surface area contributed by atoms with E-state index < -0.39 is 0 Å². The number of hydrogen-bond donors (Lipinski definition) is 1. The standard InChI is InChI=1S/C16H23N3O/c1-18-9-5-7-13(18)11-19(2)16(20)15-10-12-6-3-4-8-14(12)17-15/h3-4,6,8,13,15,17H,5,7,9-11H2,1-2H3/t13?,15-/m0/s1. The van der Waals surface area contributed by atoms with E-state index in [1.54, 1.807) is 0 Å². The van der Waals surface area contributed by atoms with E-state index in [4.69, 9.17) is 0 Å². The lowest BCUT2D eigenvalue weighted by Crippen LogP contribution is -2.45. The molecule has 0 saturated carbocycles. The van der Waals surface area contributed by atoms with E-state index in [0.29, 0.717) is 6.04 Å². The van der Waals surface area contributed by atoms with E-state index in [0.717, 1.165) is 25.2 Å². The zero-order valence-corrected chi connectivity index (χ0v) is 12.3. The summed E-state index contributed by atoms with van der Waals surface area (Å²) in [4.78, 5) is 16.8. The quantitative estimate of drug-likeness (QED) is 0.908. The lowest BCUT2D eigenvalue weighted by atomic mass is 10.1. The minimum atomic E-state index is -0.0934. The molecule has 2 aliphatic rings. The van der Waals surface area contributed by atoms with Crippen LogP contribution in [0.2, 0.25) is 0 Å². The number of nitrogens with one attached hydrogen (secondary N) is 1. The number of rotatable bonds is 3. The van der Waals surface area contributed by atoms with Gasteiger partial charge in [0.15, 0.2) is 0 Å². The Labute approximate surface area is 120 Å². The molecule has 1 saturated heterocycles. The topological polar surface area (TPSA) is 35.6 Å². The number of hydrogen-bond acceptors (Lipinski definition) is 3. The van der Waals surface area contributed by atoms with Gasteiger partial charge in [0.1, 0.15) is 6.04 Å². The number of amides is 1. The van der Waals surface area contributed by atoms with Gasteiger partial charge in [-0.2, -0.15) is 0 Å². The number of benzene rings is 1. The molecule has 108 valence electrons. The van der Waals surface area contributed by atoms with Gasteiger partial charge in [-0.05, 0) is 38.1 Å². The van der Waals surface area contributed by atoms with Gasteiger partial charge in [0.2, 0.25) is 5.91 Å². The summed E-state index contributed by atoms with van der Waals surface area (Å²) < 4.78 is 0. The highest BCUT2D eigenvalue weighted by Crippen LogP contribution is 2.26. The van der Waals surface area contributed by atoms with Crippen molar-refractivity contribution in [3.8, 4) is 0 Å². The third-order valence-corrected chi connectivity index (χ3v) is 4.60. The highest BCUT2D eigenvalue weighted by Gasteiger charge is 2.30. The first-order valence-electron chi connectivity index (χ1n) is 7.45. The molecule has 4 nitrogen and oxygen atoms in total. The zero-order chi connectivity index (χ0) is 14.1. The summed E-state index contributed by atoms with van der Waals surface area (Å²) in [5.74, 6) is 0.210. The second kappa shape index (κ2) is 5.44. The van der Waals surface area contributed by atoms with Crippen LogP contribution in [-0.2, 0) is 11.2 Å². The highest BCUT2D eigenvalue weighted by atomic mass is 16.2. The SMILES string of the molecule is CN(CC1CCCN1C)C(=O)[C@@H]1Cc2ccccc2N1. The van der Waals surface area contributed by atoms with Gasteiger partial charge in [-0.15, -0.1) is 0 Å². The molecule has 4 heteroatoms. The van der Waals surface area contributed by atoms with Gasteiger partial charge in [0.25, 0.3) is 0 Å². The number of para-hydroxylation sites is 1. The minimum absolute atomic E-state index is 0.0934. The number of fused-ring (bicyclic) bond motifs is 1. The maximum Gasteiger partial charge on any atom is 0.245 e. The summed E-state index contributed by atoms with van der Waals surface area (Å²) in [6, 6.07) is 8.62. The van der Waals surface area contributed by atoms with Crippen LogP contribution in [0.1, 0.15) is 18.4 Å². The second-order valence-corrected chi connectivity index (χ2v) is 6.05. The van der Waals surface area contributed by atoms with E-state index in [9.17, 15) is 4.79 Å². The molecule has 0 aromatic heterocycles. The fourth-order valence-electron chi connectivity index (χ4n) is 3.33. The van der Waals surface area contributed by atoms with E-state index in [1.807, 2.05) is 30.1 Å². The molecule has 20 heavy (non-hydrogen) atoms. The lowest BCUT2D eigenvalue weighted by molar-refractivity contribution is -0.131. The fraction of sp³-hybridized carbons (Fsp3) is 0.562. The first-order chi connectivity index (χ1) is 9.65. The van der Waals surface area contributed by atoms with Crippen LogP contribution in [0.4, 0.5) is 5.69 Å². The third kappa shape index (κ3) is 2.52. The molecule has 1 amide bonds. The van der Waals surface area contributed by atoms with Crippen LogP contribution in [0, 0.1) is 0 Å². The van der Waals surface area contributed by atoms with E-state index >= 15 is 0 Å². The van der Waals surface area contributed by atoms with Crippen LogP contribution in [0.3, 0.4) is 0 Å². The van der Waals surface area contributed by atoms with Crippen molar-refractivity contribution in [1.29, 1.82) is 0 Å². The van der Waals surface area contributed by atoms with Crippen molar-refractivity contribution >= 4 is 11.6 Å². The molecule has 3 rings (SSSR count). The Balaban J connectivity index is 1.60. The van der Waals surface area contributed by atoms with Gasteiger partial charge in [0.05, 0.1) is 0 Å². The van der Waals surface area contributed by atoms with Crippen LogP contribution in [0.5, 0.6) is 0 Å². The molecule has 2 aliphatic heterocycles. The zero-order valence-electron chi connectivity index (χ0n) is 12.3. The molecular formula is C16H23N3O. The number of carbonyl (C=O) groups is 1. The summed E-state index contributed by atoms with van der Waals surface area (Å²) in [6.07, 6.45) is 3.25. The first-order valence-corrected chi connectivity index (χ1v) is 7.45. The van der Waals surface area contributed by atoms with Gasteiger partial charge in [-0.25, -0.2) is 0 Å². The molecule has 1 N–H and O–H groups in total. The molecule has 2 heterocycles. The van der Waals surface area contributed by atoms with Crippen LogP contribution >= 0.6 is 0 Å². The van der Waals surface area contributed by atoms with Crippen molar-refractivity contribution in [2.24, 2.45) is 0 Å². The fourth-order valence-corrected chi connectivity index (χ4v) is 3.33. The summed E-state index contributed by atoms with van der Waals surface area (Å²) in [5, 5.41) is 3.35. The van der Waals surface area contributed by atoms with E-state index in [1.165, 1.54) is 18.4 Å². The normalized spacial score (nSPS) is 25.3. The van der Waals surface area contributed by atoms with Gasteiger partial charge in [-0.3, -0.25) is 4.79 Å². The maximum atomic E-state index is 12.6. The lowest BCUT2D eigenvalue weighted by Gasteiger charge is -2.27. The predicted octanol–water partition coefficient (Wildman–Crippen LogP) is 1.58. The largest absolute Gasteiger partial charge is 0.373 e. The number of likely N-dealkylation sites (tertiary alicyclic amines) is 1. The van der Waals surface area contributed by atoms with Crippen molar-refractivity contribution in [1.82, 2.24) is 9.80 Å². The monoisotopic (exact) mass is 273 g/mol. The first kappa shape index (κ1) is 13.4. The van der Waals surface area contributed by atoms with Crippen molar-refractivity contribution in [2.45, 2.75) is 31.3 Å². The van der Waals surface area contributed by atoms with Crippen LogP contribution in [-0.4, -0.2) is 55.0 Å². The summed E-state index contributed by atoms with van der Waals surface area (Å²) in [6.45, 7) is 1.99. The molecule has 0 spiro atoms. The van der Waals surface area contributed by atoms with Gasteiger partial charge < -0.3 is 15.1 Å². The second-order valence-electron chi connectivity index (χ2n) is 6.05. The Bertz CT molecular complexity index is 477. The smallest absolute Gasteiger partial charge is 0.245 e. The molecule has 1 aromatic rings. The molecular weight excluding hydrogens is 250 g/mol. The van der Waals surface area contributed by atoms with E-state index in [-0.39, 0.29) is 11.9 Å². The summed E-state index contributed by atoms with van der Waals surface area (Å²) in [5.41, 5.74) is 2.36. The average Bonchev–Trinajstić information content (AvgIpc) is 3.04. The Kier molecular flexibility index (Phi) is 3.66. The molecule has 0 bridgehead atoms. The molecule has 1 fully saturated rings. The molecule has 0 aliphatic carbocycles. The Morgan fingerprint density at radius 1 is 1.45 bits per heavy atom. The number of likely N-dealkylation sites (N-methyl/N-ethyl adjacent to an activating group) is 2. The average molecular weight is 273 g/mol. The van der Waals surface area contributed by atoms with Crippen molar-refractivity contribution in [3.05, 3.63) is 29.8 Å². The minimum Gasteiger partial charge on any atom is -0.373 e. The van der Waals surface area contributed by atoms with Crippen molar-refractivity contribution < 1.29 is 4.79 Å². The van der Waals surface area contributed by atoms with Gasteiger partial charge >= 0.3 is 0 Å². The third-order valence-electron chi connectivity index (χ3n) is 4.60. The van der Waals surface area contributed by atoms with Gasteiger partial charge in [0, 0.05) is 31.7 Å². The molecule has 2 atom stereocenters. The van der Waals surface area contributed by atoms with E-state index in [2.05, 4.69) is 23.3 Å². The number of nitrogens with zero attached hydrogens (tertiary/aromatic N) is 2. The summed E-state index contributed by atoms with van der Waals surface area (Å²) >= 11 is 0. The predicted molar refractivity (Wildman–Crippen MR) is 80.8 cm³/mol. The molecule has 1 aromatic carbocycles. The molecule has 0 radical (unpaired) electrons. The summed E-state index contributed by atoms with van der Waals surface area (Å²) in [7, 11) is 4.08. The Hall–Kier alpha value is -1.55. The van der Waals surface area contributed by atoms with Crippen molar-refractivity contribution in [3.63, 3.8) is 0 Å². The molecule has 1 unspecified atom stereocenters. The van der Waals surface area contributed by atoms with Crippen LogP contribution in [0.25, 0.3) is 0 Å². The highest BCUT2D eigenvalue weighted by molar-refractivity contribution is 5.87. The Morgan fingerprint density at radius 2 is 2.25 bits per heavy atom. The number of anilines is 1. The van der Waals surface area contributed by atoms with Gasteiger partial charge in [-0.1, -0.05) is 18.2 Å². The number of carbonyl (C=O) groups excluding carboxylic acids is 1. The Morgan fingerprint density at radius 3 is 2.95 bits per heavy atom. The van der Waals surface area contributed by atoms with Crippen LogP contribution < -0.4 is 5.32 Å². The van der Waals surface area contributed by atoms with Crippen molar-refractivity contribution in [2.75, 3.05) is 32.5 Å². The van der Waals surface area contributed by atoms with Crippen LogP contribution in [0.15, 0.2) is 24.3 Å². The maximum absolute atomic E-state index is 12.6.